The van der Waals surface area contributed by atoms with Crippen LogP contribution < -0.4 is 0 Å². The molecule has 0 N–H and O–H groups in total. The van der Waals surface area contributed by atoms with Crippen LogP contribution in [0.2, 0.25) is 0 Å². The minimum absolute atomic E-state index is 0.0570. The smallest absolute Gasteiger partial charge is 0.313 e. The first-order valence-electron chi connectivity index (χ1n) is 13.6. The van der Waals surface area contributed by atoms with Crippen LogP contribution in [-0.4, -0.2) is 37.4 Å². The molecule has 0 radical (unpaired) electrons. The highest BCUT2D eigenvalue weighted by atomic mass is 16.6. The van der Waals surface area contributed by atoms with E-state index in [4.69, 9.17) is 14.2 Å². The number of esters is 2. The molecule has 33 heavy (non-hydrogen) atoms. The van der Waals surface area contributed by atoms with Gasteiger partial charge < -0.3 is 14.2 Å². The van der Waals surface area contributed by atoms with E-state index in [0.717, 1.165) is 37.5 Å². The van der Waals surface area contributed by atoms with E-state index < -0.39 is 11.8 Å². The fourth-order valence-electron chi connectivity index (χ4n) is 4.55. The van der Waals surface area contributed by atoms with E-state index >= 15 is 0 Å². The minimum atomic E-state index is -0.594. The minimum Gasteiger partial charge on any atom is -0.465 e. The lowest BCUT2D eigenvalue weighted by Gasteiger charge is -2.22. The fraction of sp³-hybridized carbons (Fsp3) is 0.857. The first-order chi connectivity index (χ1) is 15.9. The van der Waals surface area contributed by atoms with Crippen LogP contribution >= 0.6 is 0 Å². The Bertz CT molecular complexity index is 597. The quantitative estimate of drug-likeness (QED) is 0.0985. The van der Waals surface area contributed by atoms with Crippen LogP contribution in [-0.2, 0) is 23.8 Å². The summed E-state index contributed by atoms with van der Waals surface area (Å²) in [7, 11) is 0. The molecule has 0 aromatic heterocycles. The van der Waals surface area contributed by atoms with Gasteiger partial charge >= 0.3 is 11.9 Å². The largest absolute Gasteiger partial charge is 0.465 e. The number of fused-ring (bicyclic) bond motifs is 1. The summed E-state index contributed by atoms with van der Waals surface area (Å²) < 4.78 is 16.6. The van der Waals surface area contributed by atoms with Crippen LogP contribution in [0.25, 0.3) is 0 Å². The number of hydrogen-bond donors (Lipinski definition) is 0. The van der Waals surface area contributed by atoms with E-state index in [1.165, 1.54) is 51.4 Å². The number of carbonyl (C=O) groups is 2. The lowest BCUT2D eigenvalue weighted by atomic mass is 9.84. The first kappa shape index (κ1) is 27.9. The van der Waals surface area contributed by atoms with Gasteiger partial charge in [-0.1, -0.05) is 104 Å². The molecule has 1 saturated heterocycles. The van der Waals surface area contributed by atoms with Gasteiger partial charge in [-0.05, 0) is 24.7 Å². The maximum Gasteiger partial charge on any atom is 0.313 e. The van der Waals surface area contributed by atoms with Crippen molar-refractivity contribution >= 4 is 11.9 Å². The van der Waals surface area contributed by atoms with E-state index in [2.05, 4.69) is 27.7 Å². The highest BCUT2D eigenvalue weighted by molar-refractivity contribution is 5.85. The molecule has 5 heteroatoms. The monoisotopic (exact) mass is 464 g/mol. The molecule has 2 rings (SSSR count). The van der Waals surface area contributed by atoms with Gasteiger partial charge in [0.2, 0.25) is 0 Å². The van der Waals surface area contributed by atoms with Crippen molar-refractivity contribution in [3.8, 4) is 0 Å². The predicted octanol–water partition coefficient (Wildman–Crippen LogP) is 6.64. The zero-order valence-corrected chi connectivity index (χ0v) is 21.6. The van der Waals surface area contributed by atoms with E-state index in [-0.39, 0.29) is 24.1 Å². The number of ether oxygens (including phenoxy) is 3. The molecular formula is C28H48O5. The van der Waals surface area contributed by atoms with E-state index in [0.29, 0.717) is 13.2 Å². The third kappa shape index (κ3) is 11.1. The Kier molecular flexibility index (Phi) is 13.1. The SMILES string of the molecule is CC(C)CCCCCCCOC(=O)C1C=CC2OC2C1C(=O)OCCCCCCCC(C)C. The van der Waals surface area contributed by atoms with Crippen molar-refractivity contribution in [1.29, 1.82) is 0 Å². The molecular weight excluding hydrogens is 416 g/mol. The summed E-state index contributed by atoms with van der Waals surface area (Å²) in [5.41, 5.74) is 0. The summed E-state index contributed by atoms with van der Waals surface area (Å²) in [6.45, 7) is 9.86. The Labute approximate surface area is 202 Å². The molecule has 4 unspecified atom stereocenters. The van der Waals surface area contributed by atoms with E-state index in [1.807, 2.05) is 6.08 Å². The topological polar surface area (TPSA) is 65.1 Å². The second-order valence-corrected chi connectivity index (χ2v) is 10.7. The average Bonchev–Trinajstić information content (AvgIpc) is 3.55. The van der Waals surface area contributed by atoms with Gasteiger partial charge in [0.15, 0.2) is 0 Å². The zero-order chi connectivity index (χ0) is 24.1. The van der Waals surface area contributed by atoms with Gasteiger partial charge in [-0.15, -0.1) is 0 Å². The van der Waals surface area contributed by atoms with Crippen molar-refractivity contribution < 1.29 is 23.8 Å². The van der Waals surface area contributed by atoms with Gasteiger partial charge in [0.1, 0.15) is 18.1 Å². The predicted molar refractivity (Wildman–Crippen MR) is 132 cm³/mol. The number of unbranched alkanes of at least 4 members (excludes halogenated alkanes) is 8. The molecule has 0 aromatic carbocycles. The Hall–Kier alpha value is -1.36. The highest BCUT2D eigenvalue weighted by Gasteiger charge is 2.55. The number of carbonyl (C=O) groups excluding carboxylic acids is 2. The lowest BCUT2D eigenvalue weighted by Crippen LogP contribution is -2.37. The van der Waals surface area contributed by atoms with Crippen LogP contribution in [0.5, 0.6) is 0 Å². The molecule has 0 bridgehead atoms. The van der Waals surface area contributed by atoms with Crippen LogP contribution in [0.1, 0.15) is 105 Å². The second-order valence-electron chi connectivity index (χ2n) is 10.7. The summed E-state index contributed by atoms with van der Waals surface area (Å²) in [6, 6.07) is 0. The van der Waals surface area contributed by atoms with Crippen molar-refractivity contribution in [3.63, 3.8) is 0 Å². The van der Waals surface area contributed by atoms with Crippen molar-refractivity contribution in [2.45, 2.75) is 117 Å². The third-order valence-electron chi connectivity index (χ3n) is 6.70. The van der Waals surface area contributed by atoms with Crippen LogP contribution in [0, 0.1) is 23.7 Å². The van der Waals surface area contributed by atoms with Gasteiger partial charge in [-0.3, -0.25) is 9.59 Å². The highest BCUT2D eigenvalue weighted by Crippen LogP contribution is 2.41. The second kappa shape index (κ2) is 15.5. The maximum atomic E-state index is 12.7. The van der Waals surface area contributed by atoms with Crippen molar-refractivity contribution in [3.05, 3.63) is 12.2 Å². The molecule has 0 amide bonds. The van der Waals surface area contributed by atoms with Crippen molar-refractivity contribution in [2.75, 3.05) is 13.2 Å². The molecule has 1 heterocycles. The van der Waals surface area contributed by atoms with E-state index in [1.54, 1.807) is 6.08 Å². The van der Waals surface area contributed by atoms with Gasteiger partial charge in [0.05, 0.1) is 19.1 Å². The van der Waals surface area contributed by atoms with Crippen LogP contribution in [0.4, 0.5) is 0 Å². The summed E-state index contributed by atoms with van der Waals surface area (Å²) >= 11 is 0. The van der Waals surface area contributed by atoms with Gasteiger partial charge in [-0.2, -0.15) is 0 Å². The molecule has 4 atom stereocenters. The number of hydrogen-bond acceptors (Lipinski definition) is 5. The van der Waals surface area contributed by atoms with Gasteiger partial charge in [0.25, 0.3) is 0 Å². The summed E-state index contributed by atoms with van der Waals surface area (Å²) in [5, 5.41) is 0. The Morgan fingerprint density at radius 1 is 0.697 bits per heavy atom. The lowest BCUT2D eigenvalue weighted by molar-refractivity contribution is -0.160. The standard InChI is InChI=1S/C28H48O5/c1-21(2)15-11-7-5-9-13-19-31-27(29)23-17-18-24-26(33-24)25(23)28(30)32-20-14-10-6-8-12-16-22(3)4/h17-18,21-26H,5-16,19-20H2,1-4H3. The van der Waals surface area contributed by atoms with Gasteiger partial charge in [0, 0.05) is 0 Å². The fourth-order valence-corrected chi connectivity index (χ4v) is 4.55. The van der Waals surface area contributed by atoms with E-state index in [9.17, 15) is 9.59 Å². The molecule has 1 aliphatic carbocycles. The molecule has 1 fully saturated rings. The Morgan fingerprint density at radius 3 is 1.73 bits per heavy atom. The molecule has 0 aromatic rings. The first-order valence-corrected chi connectivity index (χ1v) is 13.6. The van der Waals surface area contributed by atoms with Gasteiger partial charge in [-0.25, -0.2) is 0 Å². The van der Waals surface area contributed by atoms with Crippen LogP contribution in [0.3, 0.4) is 0 Å². The maximum absolute atomic E-state index is 12.7. The Balaban J connectivity index is 1.61. The normalized spacial score (nSPS) is 23.6. The summed E-state index contributed by atoms with van der Waals surface area (Å²) in [4.78, 5) is 25.4. The van der Waals surface area contributed by atoms with Crippen molar-refractivity contribution in [2.24, 2.45) is 23.7 Å². The number of epoxide rings is 1. The molecule has 0 spiro atoms. The summed E-state index contributed by atoms with van der Waals surface area (Å²) in [6.07, 6.45) is 17.2. The Morgan fingerprint density at radius 2 is 1.18 bits per heavy atom. The summed E-state index contributed by atoms with van der Waals surface area (Å²) in [5.74, 6) is -0.282. The molecule has 5 nitrogen and oxygen atoms in total. The zero-order valence-electron chi connectivity index (χ0n) is 21.6. The molecule has 2 aliphatic rings. The third-order valence-corrected chi connectivity index (χ3v) is 6.70. The number of rotatable bonds is 18. The van der Waals surface area contributed by atoms with Crippen molar-refractivity contribution in [1.82, 2.24) is 0 Å². The molecule has 1 aliphatic heterocycles. The van der Waals surface area contributed by atoms with Crippen LogP contribution in [0.15, 0.2) is 12.2 Å². The molecule has 190 valence electrons. The average molecular weight is 465 g/mol. The molecule has 0 saturated carbocycles.